The van der Waals surface area contributed by atoms with Crippen molar-refractivity contribution in [1.29, 1.82) is 0 Å². The van der Waals surface area contributed by atoms with E-state index in [1.165, 1.54) is 11.8 Å². The monoisotopic (exact) mass is 282 g/mol. The Morgan fingerprint density at radius 2 is 2.05 bits per heavy atom. The van der Waals surface area contributed by atoms with E-state index in [4.69, 9.17) is 0 Å². The highest BCUT2D eigenvalue weighted by atomic mass is 32.2. The van der Waals surface area contributed by atoms with Gasteiger partial charge in [0, 0.05) is 38.0 Å². The van der Waals surface area contributed by atoms with Gasteiger partial charge in [-0.3, -0.25) is 4.90 Å². The van der Waals surface area contributed by atoms with Gasteiger partial charge in [0.15, 0.2) is 0 Å². The number of sulfone groups is 1. The molecule has 1 fully saturated rings. The van der Waals surface area contributed by atoms with Crippen LogP contribution in [0.2, 0.25) is 0 Å². The Morgan fingerprint density at radius 3 is 2.68 bits per heavy atom. The van der Waals surface area contributed by atoms with Crippen LogP contribution >= 0.6 is 0 Å². The Labute approximate surface area is 115 Å². The molecule has 1 heterocycles. The number of rotatable bonds is 4. The van der Waals surface area contributed by atoms with Gasteiger partial charge in [0.2, 0.25) is 0 Å². The molecule has 2 atom stereocenters. The van der Waals surface area contributed by atoms with Crippen LogP contribution < -0.4 is 5.32 Å². The molecule has 1 saturated heterocycles. The van der Waals surface area contributed by atoms with Gasteiger partial charge >= 0.3 is 0 Å². The average Bonchev–Trinajstić information content (AvgIpc) is 2.38. The molecule has 4 nitrogen and oxygen atoms in total. The molecule has 0 saturated carbocycles. The molecule has 19 heavy (non-hydrogen) atoms. The summed E-state index contributed by atoms with van der Waals surface area (Å²) in [6.07, 6.45) is 1.31. The Bertz CT molecular complexity index is 501. The molecular formula is C14H22N2O2S. The molecule has 1 aliphatic heterocycles. The lowest BCUT2D eigenvalue weighted by Crippen LogP contribution is -2.50. The van der Waals surface area contributed by atoms with Gasteiger partial charge in [-0.15, -0.1) is 0 Å². The maximum Gasteiger partial charge on any atom is 0.148 e. The van der Waals surface area contributed by atoms with Crippen molar-refractivity contribution < 1.29 is 8.42 Å². The highest BCUT2D eigenvalue weighted by molar-refractivity contribution is 7.90. The standard InChI is InChI=1S/C14H22N2O2S/c1-12(11-19(2,17)18)16-9-8-15-14(10-16)13-6-4-3-5-7-13/h3-7,12,14-15H,8-11H2,1-2H3. The van der Waals surface area contributed by atoms with E-state index in [1.807, 2.05) is 25.1 Å². The van der Waals surface area contributed by atoms with Gasteiger partial charge in [-0.2, -0.15) is 0 Å². The summed E-state index contributed by atoms with van der Waals surface area (Å²) in [5.74, 6) is 0.231. The number of hydrogen-bond acceptors (Lipinski definition) is 4. The van der Waals surface area contributed by atoms with Gasteiger partial charge in [-0.25, -0.2) is 8.42 Å². The summed E-state index contributed by atoms with van der Waals surface area (Å²) in [5, 5.41) is 3.49. The molecule has 106 valence electrons. The van der Waals surface area contributed by atoms with Gasteiger partial charge in [-0.1, -0.05) is 30.3 Å². The van der Waals surface area contributed by atoms with Crippen molar-refractivity contribution in [3.63, 3.8) is 0 Å². The zero-order chi connectivity index (χ0) is 13.9. The van der Waals surface area contributed by atoms with E-state index < -0.39 is 9.84 Å². The third-order valence-corrected chi connectivity index (χ3v) is 4.66. The molecule has 1 N–H and O–H groups in total. The first-order valence-corrected chi connectivity index (χ1v) is 8.72. The van der Waals surface area contributed by atoms with Crippen molar-refractivity contribution in [3.05, 3.63) is 35.9 Å². The lowest BCUT2D eigenvalue weighted by Gasteiger charge is -2.37. The molecule has 5 heteroatoms. The second-order valence-electron chi connectivity index (χ2n) is 5.35. The minimum atomic E-state index is -2.92. The Balaban J connectivity index is 2.01. The zero-order valence-electron chi connectivity index (χ0n) is 11.5. The number of nitrogens with zero attached hydrogens (tertiary/aromatic N) is 1. The number of hydrogen-bond donors (Lipinski definition) is 1. The normalized spacial score (nSPS) is 23.2. The van der Waals surface area contributed by atoms with E-state index in [0.29, 0.717) is 0 Å². The van der Waals surface area contributed by atoms with Gasteiger partial charge in [0.1, 0.15) is 9.84 Å². The number of nitrogens with one attached hydrogen (secondary N) is 1. The Morgan fingerprint density at radius 1 is 1.37 bits per heavy atom. The molecular weight excluding hydrogens is 260 g/mol. The smallest absolute Gasteiger partial charge is 0.148 e. The van der Waals surface area contributed by atoms with Crippen molar-refractivity contribution in [2.75, 3.05) is 31.6 Å². The molecule has 1 aromatic carbocycles. The third kappa shape index (κ3) is 4.30. The summed E-state index contributed by atoms with van der Waals surface area (Å²) in [4.78, 5) is 2.26. The summed E-state index contributed by atoms with van der Waals surface area (Å²) < 4.78 is 22.8. The SMILES string of the molecule is CC(CS(C)(=O)=O)N1CCNC(c2ccccc2)C1. The molecule has 0 aromatic heterocycles. The third-order valence-electron chi connectivity index (χ3n) is 3.58. The first-order chi connectivity index (χ1) is 8.96. The van der Waals surface area contributed by atoms with Crippen LogP contribution in [0.25, 0.3) is 0 Å². The second-order valence-corrected chi connectivity index (χ2v) is 7.54. The summed E-state index contributed by atoms with van der Waals surface area (Å²) in [6.45, 7) is 4.66. The zero-order valence-corrected chi connectivity index (χ0v) is 12.4. The van der Waals surface area contributed by atoms with Crippen LogP contribution in [0, 0.1) is 0 Å². The average molecular weight is 282 g/mol. The predicted molar refractivity (Wildman–Crippen MR) is 77.9 cm³/mol. The van der Waals surface area contributed by atoms with Gasteiger partial charge < -0.3 is 5.32 Å². The van der Waals surface area contributed by atoms with Gasteiger partial charge in [-0.05, 0) is 12.5 Å². The van der Waals surface area contributed by atoms with Crippen LogP contribution in [-0.4, -0.2) is 51.0 Å². The first kappa shape index (κ1) is 14.5. The Kier molecular flexibility index (Phi) is 4.60. The molecule has 0 radical (unpaired) electrons. The minimum Gasteiger partial charge on any atom is -0.308 e. The van der Waals surface area contributed by atoms with Crippen molar-refractivity contribution in [3.8, 4) is 0 Å². The molecule has 1 aliphatic rings. The molecule has 0 spiro atoms. The van der Waals surface area contributed by atoms with Crippen molar-refractivity contribution in [1.82, 2.24) is 10.2 Å². The largest absolute Gasteiger partial charge is 0.308 e. The van der Waals surface area contributed by atoms with Crippen LogP contribution in [-0.2, 0) is 9.84 Å². The molecule has 2 rings (SSSR count). The first-order valence-electron chi connectivity index (χ1n) is 6.66. The number of benzene rings is 1. The summed E-state index contributed by atoms with van der Waals surface area (Å²) in [6, 6.07) is 10.7. The summed E-state index contributed by atoms with van der Waals surface area (Å²) >= 11 is 0. The lowest BCUT2D eigenvalue weighted by molar-refractivity contribution is 0.164. The molecule has 1 aromatic rings. The fourth-order valence-electron chi connectivity index (χ4n) is 2.63. The van der Waals surface area contributed by atoms with E-state index in [-0.39, 0.29) is 17.8 Å². The predicted octanol–water partition coefficient (Wildman–Crippen LogP) is 1.07. The van der Waals surface area contributed by atoms with Crippen LogP contribution in [0.1, 0.15) is 18.5 Å². The highest BCUT2D eigenvalue weighted by Gasteiger charge is 2.25. The topological polar surface area (TPSA) is 49.4 Å². The van der Waals surface area contributed by atoms with Gasteiger partial charge in [0.05, 0.1) is 5.75 Å². The molecule has 2 unspecified atom stereocenters. The molecule has 0 bridgehead atoms. The maximum absolute atomic E-state index is 11.4. The summed E-state index contributed by atoms with van der Waals surface area (Å²) in [7, 11) is -2.92. The summed E-state index contributed by atoms with van der Waals surface area (Å²) in [5.41, 5.74) is 1.26. The molecule has 0 aliphatic carbocycles. The minimum absolute atomic E-state index is 0.0725. The lowest BCUT2D eigenvalue weighted by atomic mass is 10.0. The van der Waals surface area contributed by atoms with Crippen LogP contribution in [0.4, 0.5) is 0 Å². The molecule has 0 amide bonds. The van der Waals surface area contributed by atoms with Crippen molar-refractivity contribution in [2.24, 2.45) is 0 Å². The van der Waals surface area contributed by atoms with E-state index >= 15 is 0 Å². The quantitative estimate of drug-likeness (QED) is 0.897. The van der Waals surface area contributed by atoms with E-state index in [0.717, 1.165) is 19.6 Å². The highest BCUT2D eigenvalue weighted by Crippen LogP contribution is 2.18. The van der Waals surface area contributed by atoms with Crippen LogP contribution in [0.15, 0.2) is 30.3 Å². The number of piperazine rings is 1. The van der Waals surface area contributed by atoms with Crippen LogP contribution in [0.5, 0.6) is 0 Å². The van der Waals surface area contributed by atoms with E-state index in [1.54, 1.807) is 0 Å². The van der Waals surface area contributed by atoms with E-state index in [9.17, 15) is 8.42 Å². The maximum atomic E-state index is 11.4. The fourth-order valence-corrected chi connectivity index (χ4v) is 3.71. The van der Waals surface area contributed by atoms with E-state index in [2.05, 4.69) is 22.3 Å². The van der Waals surface area contributed by atoms with Crippen molar-refractivity contribution >= 4 is 9.84 Å². The van der Waals surface area contributed by atoms with Crippen LogP contribution in [0.3, 0.4) is 0 Å². The second kappa shape index (κ2) is 6.03. The van der Waals surface area contributed by atoms with Gasteiger partial charge in [0.25, 0.3) is 0 Å². The van der Waals surface area contributed by atoms with Crippen molar-refractivity contribution in [2.45, 2.75) is 19.0 Å². The Hall–Kier alpha value is -0.910. The fraction of sp³-hybridized carbons (Fsp3) is 0.571.